The smallest absolute Gasteiger partial charge is 0.319 e. The number of esters is 1. The molecule has 0 radical (unpaired) electrons. The zero-order chi connectivity index (χ0) is 14.0. The van der Waals surface area contributed by atoms with Crippen LogP contribution >= 0.6 is 0 Å². The van der Waals surface area contributed by atoms with Crippen molar-refractivity contribution in [3.05, 3.63) is 0 Å². The molecule has 0 spiro atoms. The maximum atomic E-state index is 12.3. The number of ketones is 1. The molecule has 108 valence electrons. The van der Waals surface area contributed by atoms with Gasteiger partial charge in [-0.25, -0.2) is 0 Å². The molecule has 5 heteroatoms. The zero-order valence-corrected chi connectivity index (χ0v) is 12.0. The van der Waals surface area contributed by atoms with E-state index in [0.29, 0.717) is 13.2 Å². The van der Waals surface area contributed by atoms with Crippen molar-refractivity contribution in [2.24, 2.45) is 5.41 Å². The molecule has 0 aromatic heterocycles. The first kappa shape index (κ1) is 14.5. The maximum absolute atomic E-state index is 12.3. The number of rotatable bonds is 5. The Morgan fingerprint density at radius 1 is 1.26 bits per heavy atom. The highest BCUT2D eigenvalue weighted by molar-refractivity contribution is 6.03. The molecule has 2 atom stereocenters. The minimum atomic E-state index is -1.06. The van der Waals surface area contributed by atoms with Gasteiger partial charge in [0.25, 0.3) is 0 Å². The van der Waals surface area contributed by atoms with Crippen LogP contribution in [0.15, 0.2) is 0 Å². The molecule has 2 rings (SSSR count). The number of nitrogens with zero attached hydrogens (tertiary/aromatic N) is 1. The third-order valence-electron chi connectivity index (χ3n) is 3.97. The first-order valence-corrected chi connectivity index (χ1v) is 7.01. The molecule has 0 aromatic carbocycles. The molecule has 2 aliphatic heterocycles. The number of fused-ring (bicyclic) bond motifs is 2. The standard InChI is InChI=1S/C14H23NO4/c1-4-18-13(17)14(2,3)12(16)9-15-7-10-5-6-11(8-15)19-10/h10-11H,4-9H2,1-3H3. The van der Waals surface area contributed by atoms with Crippen LogP contribution in [0.5, 0.6) is 0 Å². The van der Waals surface area contributed by atoms with Gasteiger partial charge >= 0.3 is 5.97 Å². The summed E-state index contributed by atoms with van der Waals surface area (Å²) in [6.07, 6.45) is 2.68. The predicted octanol–water partition coefficient (Wildman–Crippen LogP) is 1.01. The highest BCUT2D eigenvalue weighted by Gasteiger charge is 2.40. The zero-order valence-electron chi connectivity index (χ0n) is 12.0. The predicted molar refractivity (Wildman–Crippen MR) is 69.8 cm³/mol. The van der Waals surface area contributed by atoms with E-state index < -0.39 is 11.4 Å². The molecule has 0 aliphatic carbocycles. The van der Waals surface area contributed by atoms with Crippen molar-refractivity contribution in [1.82, 2.24) is 4.90 Å². The maximum Gasteiger partial charge on any atom is 0.319 e. The second kappa shape index (κ2) is 5.59. The van der Waals surface area contributed by atoms with Gasteiger partial charge in [-0.15, -0.1) is 0 Å². The van der Waals surface area contributed by atoms with Crippen molar-refractivity contribution in [2.45, 2.75) is 45.8 Å². The molecule has 2 saturated heterocycles. The molecular formula is C14H23NO4. The van der Waals surface area contributed by atoms with Crippen LogP contribution in [0.25, 0.3) is 0 Å². The lowest BCUT2D eigenvalue weighted by molar-refractivity contribution is -0.158. The quantitative estimate of drug-likeness (QED) is 0.550. The Balaban J connectivity index is 1.91. The van der Waals surface area contributed by atoms with E-state index in [-0.39, 0.29) is 18.0 Å². The minimum Gasteiger partial charge on any atom is -0.465 e. The lowest BCUT2D eigenvalue weighted by Gasteiger charge is -2.33. The van der Waals surface area contributed by atoms with Gasteiger partial charge < -0.3 is 9.47 Å². The topological polar surface area (TPSA) is 55.8 Å². The van der Waals surface area contributed by atoms with Crippen LogP contribution in [0.1, 0.15) is 33.6 Å². The molecule has 2 heterocycles. The number of hydrogen-bond donors (Lipinski definition) is 0. The Hall–Kier alpha value is -0.940. The van der Waals surface area contributed by atoms with Crippen LogP contribution in [-0.2, 0) is 19.1 Å². The van der Waals surface area contributed by atoms with E-state index >= 15 is 0 Å². The van der Waals surface area contributed by atoms with Gasteiger partial charge in [0.15, 0.2) is 5.78 Å². The van der Waals surface area contributed by atoms with E-state index in [9.17, 15) is 9.59 Å². The van der Waals surface area contributed by atoms with Gasteiger partial charge in [-0.3, -0.25) is 14.5 Å². The second-order valence-corrected chi connectivity index (χ2v) is 5.92. The summed E-state index contributed by atoms with van der Waals surface area (Å²) in [7, 11) is 0. The Morgan fingerprint density at radius 3 is 2.37 bits per heavy atom. The second-order valence-electron chi connectivity index (χ2n) is 5.92. The molecule has 2 bridgehead atoms. The fourth-order valence-corrected chi connectivity index (χ4v) is 2.65. The molecule has 19 heavy (non-hydrogen) atoms. The van der Waals surface area contributed by atoms with Gasteiger partial charge in [-0.1, -0.05) is 0 Å². The molecule has 0 amide bonds. The molecule has 2 fully saturated rings. The lowest BCUT2D eigenvalue weighted by Crippen LogP contribution is -2.48. The monoisotopic (exact) mass is 269 g/mol. The van der Waals surface area contributed by atoms with Crippen molar-refractivity contribution in [3.63, 3.8) is 0 Å². The van der Waals surface area contributed by atoms with Crippen LogP contribution in [0.2, 0.25) is 0 Å². The number of ether oxygens (including phenoxy) is 2. The first-order chi connectivity index (χ1) is 8.93. The van der Waals surface area contributed by atoms with Gasteiger partial charge in [0, 0.05) is 13.1 Å². The van der Waals surface area contributed by atoms with Crippen molar-refractivity contribution in [1.29, 1.82) is 0 Å². The summed E-state index contributed by atoms with van der Waals surface area (Å²) in [5.74, 6) is -0.511. The highest BCUT2D eigenvalue weighted by atomic mass is 16.5. The Morgan fingerprint density at radius 2 is 1.84 bits per heavy atom. The minimum absolute atomic E-state index is 0.0766. The van der Waals surface area contributed by atoms with E-state index in [1.54, 1.807) is 20.8 Å². The van der Waals surface area contributed by atoms with E-state index in [4.69, 9.17) is 9.47 Å². The summed E-state index contributed by atoms with van der Waals surface area (Å²) in [6.45, 7) is 7.23. The van der Waals surface area contributed by atoms with Gasteiger partial charge in [-0.2, -0.15) is 0 Å². The summed E-state index contributed by atoms with van der Waals surface area (Å²) in [5.41, 5.74) is -1.06. The van der Waals surface area contributed by atoms with Crippen LogP contribution in [-0.4, -0.2) is 55.1 Å². The van der Waals surface area contributed by atoms with Crippen LogP contribution in [0.3, 0.4) is 0 Å². The Kier molecular flexibility index (Phi) is 4.26. The molecule has 0 saturated carbocycles. The molecule has 2 aliphatic rings. The van der Waals surface area contributed by atoms with Crippen LogP contribution < -0.4 is 0 Å². The summed E-state index contributed by atoms with van der Waals surface area (Å²) in [5, 5.41) is 0. The van der Waals surface area contributed by atoms with Gasteiger partial charge in [0.05, 0.1) is 25.4 Å². The number of carbonyl (C=O) groups excluding carboxylic acids is 2. The summed E-state index contributed by atoms with van der Waals surface area (Å²) < 4.78 is 10.7. The van der Waals surface area contributed by atoms with Crippen LogP contribution in [0, 0.1) is 5.41 Å². The average molecular weight is 269 g/mol. The van der Waals surface area contributed by atoms with E-state index in [1.165, 1.54) is 0 Å². The van der Waals surface area contributed by atoms with E-state index in [1.807, 2.05) is 0 Å². The number of carbonyl (C=O) groups is 2. The number of Topliss-reactive ketones (excluding diaryl/α,β-unsaturated/α-hetero) is 1. The third kappa shape index (κ3) is 3.15. The van der Waals surface area contributed by atoms with Crippen molar-refractivity contribution >= 4 is 11.8 Å². The lowest BCUT2D eigenvalue weighted by atomic mass is 9.87. The number of morpholine rings is 1. The van der Waals surface area contributed by atoms with Gasteiger partial charge in [0.1, 0.15) is 5.41 Å². The largest absolute Gasteiger partial charge is 0.465 e. The number of hydrogen-bond acceptors (Lipinski definition) is 5. The van der Waals surface area contributed by atoms with E-state index in [2.05, 4.69) is 4.90 Å². The highest BCUT2D eigenvalue weighted by Crippen LogP contribution is 2.27. The Bertz CT molecular complexity index is 354. The Labute approximate surface area is 114 Å². The van der Waals surface area contributed by atoms with Gasteiger partial charge in [0.2, 0.25) is 0 Å². The fourth-order valence-electron chi connectivity index (χ4n) is 2.65. The third-order valence-corrected chi connectivity index (χ3v) is 3.97. The molecule has 0 N–H and O–H groups in total. The molecule has 2 unspecified atom stereocenters. The normalized spacial score (nSPS) is 27.3. The van der Waals surface area contributed by atoms with Gasteiger partial charge in [-0.05, 0) is 33.6 Å². The summed E-state index contributed by atoms with van der Waals surface area (Å²) >= 11 is 0. The number of likely N-dealkylation sites (tertiary alicyclic amines) is 1. The molecule has 0 aromatic rings. The molecular weight excluding hydrogens is 246 g/mol. The fraction of sp³-hybridized carbons (Fsp3) is 0.857. The summed E-state index contributed by atoms with van der Waals surface area (Å²) in [4.78, 5) is 26.2. The SMILES string of the molecule is CCOC(=O)C(C)(C)C(=O)CN1CC2CCC(C1)O2. The van der Waals surface area contributed by atoms with Crippen LogP contribution in [0.4, 0.5) is 0 Å². The van der Waals surface area contributed by atoms with Crippen molar-refractivity contribution in [3.8, 4) is 0 Å². The summed E-state index contributed by atoms with van der Waals surface area (Å²) in [6, 6.07) is 0. The van der Waals surface area contributed by atoms with Crippen molar-refractivity contribution < 1.29 is 19.1 Å². The average Bonchev–Trinajstić information content (AvgIpc) is 2.69. The molecule has 5 nitrogen and oxygen atoms in total. The first-order valence-electron chi connectivity index (χ1n) is 7.01. The van der Waals surface area contributed by atoms with Crippen molar-refractivity contribution in [2.75, 3.05) is 26.2 Å². The van der Waals surface area contributed by atoms with E-state index in [0.717, 1.165) is 25.9 Å².